The zero-order chi connectivity index (χ0) is 13.7. The number of hydrogen-bond donors (Lipinski definition) is 3. The third kappa shape index (κ3) is 4.62. The Labute approximate surface area is 117 Å². The molecule has 18 heavy (non-hydrogen) atoms. The summed E-state index contributed by atoms with van der Waals surface area (Å²) in [5.74, 6) is -1.34. The van der Waals surface area contributed by atoms with Gasteiger partial charge in [0, 0.05) is 0 Å². The van der Waals surface area contributed by atoms with Gasteiger partial charge >= 0.3 is 117 Å². The molecular formula is C11H13HgNO5. The maximum absolute atomic E-state index is 10.7. The van der Waals surface area contributed by atoms with E-state index in [2.05, 4.69) is 0 Å². The fourth-order valence-electron chi connectivity index (χ4n) is 1.40. The van der Waals surface area contributed by atoms with Crippen molar-refractivity contribution in [3.05, 3.63) is 23.8 Å². The Bertz CT molecular complexity index is 463. The summed E-state index contributed by atoms with van der Waals surface area (Å²) in [6, 6.07) is 3.78. The van der Waals surface area contributed by atoms with E-state index in [4.69, 9.17) is 13.5 Å². The number of carbonyl (C=O) groups is 2. The average Bonchev–Trinajstić information content (AvgIpc) is 2.29. The third-order valence-corrected chi connectivity index (χ3v) is 7.90. The molecule has 0 radical (unpaired) electrons. The summed E-state index contributed by atoms with van der Waals surface area (Å²) in [4.78, 5) is 21.4. The molecule has 1 aromatic rings. The van der Waals surface area contributed by atoms with E-state index in [-0.39, 0.29) is 18.1 Å². The van der Waals surface area contributed by atoms with Gasteiger partial charge in [-0.05, 0) is 0 Å². The molecule has 0 aliphatic carbocycles. The van der Waals surface area contributed by atoms with Crippen molar-refractivity contribution in [2.75, 3.05) is 0 Å². The number of phenolic OH excluding ortho intramolecular Hbond substituents is 1. The molecule has 1 rings (SSSR count). The number of carbonyl (C=O) groups excluding carboxylic acids is 1. The summed E-state index contributed by atoms with van der Waals surface area (Å²) in [5.41, 5.74) is 6.14. The first kappa shape index (κ1) is 14.9. The first-order chi connectivity index (χ1) is 8.40. The molecule has 0 saturated heterocycles. The van der Waals surface area contributed by atoms with E-state index in [0.29, 0.717) is 8.64 Å². The SMILES string of the molecule is CC(=O)[O][Hg][c]1cc(CC(N)C(=O)O)ccc1O. The number of carboxylic acid groups (broad SMARTS) is 1. The van der Waals surface area contributed by atoms with E-state index in [1.165, 1.54) is 13.0 Å². The van der Waals surface area contributed by atoms with Crippen LogP contribution >= 0.6 is 0 Å². The summed E-state index contributed by atoms with van der Waals surface area (Å²) < 4.78 is 5.63. The van der Waals surface area contributed by atoms with E-state index < -0.39 is 37.0 Å². The Morgan fingerprint density at radius 1 is 1.50 bits per heavy atom. The van der Waals surface area contributed by atoms with Gasteiger partial charge in [-0.2, -0.15) is 0 Å². The Balaban J connectivity index is 2.80. The van der Waals surface area contributed by atoms with Gasteiger partial charge in [-0.25, -0.2) is 0 Å². The van der Waals surface area contributed by atoms with Crippen LogP contribution in [0, 0.1) is 0 Å². The van der Waals surface area contributed by atoms with Crippen molar-refractivity contribution in [1.82, 2.24) is 0 Å². The predicted octanol–water partition coefficient (Wildman–Crippen LogP) is -0.468. The van der Waals surface area contributed by atoms with E-state index in [1.54, 1.807) is 12.1 Å². The van der Waals surface area contributed by atoms with Gasteiger partial charge in [-0.15, -0.1) is 0 Å². The number of aliphatic carboxylic acids is 1. The molecule has 0 fully saturated rings. The molecule has 1 atom stereocenters. The second kappa shape index (κ2) is 6.70. The zero-order valence-corrected chi connectivity index (χ0v) is 15.4. The van der Waals surface area contributed by atoms with Gasteiger partial charge in [0.1, 0.15) is 0 Å². The van der Waals surface area contributed by atoms with Crippen molar-refractivity contribution in [2.24, 2.45) is 5.73 Å². The van der Waals surface area contributed by atoms with E-state index in [9.17, 15) is 14.7 Å². The van der Waals surface area contributed by atoms with Crippen LogP contribution in [0.2, 0.25) is 0 Å². The van der Waals surface area contributed by atoms with Crippen molar-refractivity contribution in [3.63, 3.8) is 0 Å². The Morgan fingerprint density at radius 2 is 2.17 bits per heavy atom. The molecule has 6 nitrogen and oxygen atoms in total. The van der Waals surface area contributed by atoms with Crippen LogP contribution in [-0.2, 0) is 43.7 Å². The monoisotopic (exact) mass is 441 g/mol. The number of aromatic hydroxyl groups is 1. The normalized spacial score (nSPS) is 11.4. The fourth-order valence-corrected chi connectivity index (χ4v) is 5.17. The van der Waals surface area contributed by atoms with Gasteiger partial charge in [0.25, 0.3) is 0 Å². The van der Waals surface area contributed by atoms with Crippen LogP contribution in [0.25, 0.3) is 0 Å². The van der Waals surface area contributed by atoms with Gasteiger partial charge in [-0.3, -0.25) is 0 Å². The minimum absolute atomic E-state index is 0.0885. The second-order valence-corrected chi connectivity index (χ2v) is 9.10. The predicted molar refractivity (Wildman–Crippen MR) is 58.8 cm³/mol. The van der Waals surface area contributed by atoms with E-state index in [1.807, 2.05) is 0 Å². The number of hydrogen-bond acceptors (Lipinski definition) is 5. The van der Waals surface area contributed by atoms with E-state index in [0.717, 1.165) is 0 Å². The van der Waals surface area contributed by atoms with Crippen LogP contribution in [0.3, 0.4) is 0 Å². The molecule has 0 aliphatic heterocycles. The van der Waals surface area contributed by atoms with Crippen LogP contribution in [-0.4, -0.2) is 28.2 Å². The van der Waals surface area contributed by atoms with Crippen molar-refractivity contribution in [2.45, 2.75) is 19.4 Å². The van der Waals surface area contributed by atoms with Crippen molar-refractivity contribution in [1.29, 1.82) is 0 Å². The zero-order valence-electron chi connectivity index (χ0n) is 9.92. The van der Waals surface area contributed by atoms with Crippen molar-refractivity contribution in [3.8, 4) is 5.75 Å². The molecule has 1 aromatic carbocycles. The average molecular weight is 440 g/mol. The standard InChI is InChI=1S/C9H10NO3.C2H4O2.Hg/c10-8(9(12)13)5-6-1-3-7(11)4-2-6;1-2(3)4;/h1-3,8,11H,5,10H2,(H,12,13);1H3,(H,3,4);/q;;+1/p-1. The van der Waals surface area contributed by atoms with Crippen LogP contribution in [0.5, 0.6) is 5.75 Å². The number of benzene rings is 1. The summed E-state index contributed by atoms with van der Waals surface area (Å²) in [6.45, 7) is 1.32. The molecule has 0 heterocycles. The molecule has 7 heteroatoms. The number of nitrogens with two attached hydrogens (primary N) is 1. The van der Waals surface area contributed by atoms with E-state index >= 15 is 0 Å². The first-order valence-electron chi connectivity index (χ1n) is 5.32. The molecule has 1 unspecified atom stereocenters. The van der Waals surface area contributed by atoms with Gasteiger partial charge in [0.15, 0.2) is 0 Å². The molecule has 0 saturated carbocycles. The Morgan fingerprint density at radius 3 is 2.72 bits per heavy atom. The summed E-state index contributed by atoms with van der Waals surface area (Å²) in [7, 11) is 0. The number of rotatable bonds is 5. The van der Waals surface area contributed by atoms with Crippen molar-refractivity contribution < 1.29 is 47.5 Å². The third-order valence-electron chi connectivity index (χ3n) is 2.35. The van der Waals surface area contributed by atoms with Gasteiger partial charge in [0.05, 0.1) is 0 Å². The Hall–Kier alpha value is -1.14. The van der Waals surface area contributed by atoms with Crippen LogP contribution in [0.1, 0.15) is 12.5 Å². The molecule has 0 aliphatic rings. The summed E-state index contributed by atoms with van der Waals surface area (Å²) in [6.07, 6.45) is 0.177. The number of carboxylic acids is 1. The molecule has 0 bridgehead atoms. The topological polar surface area (TPSA) is 110 Å². The summed E-state index contributed by atoms with van der Waals surface area (Å²) >= 11 is -2.13. The first-order valence-corrected chi connectivity index (χ1v) is 10.3. The maximum atomic E-state index is 10.7. The number of phenols is 1. The van der Waals surface area contributed by atoms with Crippen LogP contribution < -0.4 is 8.81 Å². The molecular weight excluding hydrogens is 427 g/mol. The van der Waals surface area contributed by atoms with Gasteiger partial charge < -0.3 is 0 Å². The van der Waals surface area contributed by atoms with Crippen molar-refractivity contribution >= 4 is 15.0 Å². The second-order valence-electron chi connectivity index (χ2n) is 3.89. The molecule has 4 N–H and O–H groups in total. The minimum atomic E-state index is -2.13. The fraction of sp³-hybridized carbons (Fsp3) is 0.273. The molecule has 0 spiro atoms. The van der Waals surface area contributed by atoms with Gasteiger partial charge in [0.2, 0.25) is 0 Å². The van der Waals surface area contributed by atoms with Crippen LogP contribution in [0.15, 0.2) is 18.2 Å². The summed E-state index contributed by atoms with van der Waals surface area (Å²) in [5, 5.41) is 18.3. The quantitative estimate of drug-likeness (QED) is 0.535. The molecule has 0 amide bonds. The Kier molecular flexibility index (Phi) is 5.55. The molecule has 94 valence electrons. The van der Waals surface area contributed by atoms with Crippen LogP contribution in [0.4, 0.5) is 0 Å². The molecule has 0 aromatic heterocycles. The van der Waals surface area contributed by atoms with Gasteiger partial charge in [-0.1, -0.05) is 0 Å².